The highest BCUT2D eigenvalue weighted by molar-refractivity contribution is 6.05. The van der Waals surface area contributed by atoms with E-state index >= 15 is 0 Å². The lowest BCUT2D eigenvalue weighted by Gasteiger charge is -2.06. The summed E-state index contributed by atoms with van der Waals surface area (Å²) in [7, 11) is 7.95. The van der Waals surface area contributed by atoms with Gasteiger partial charge in [0.1, 0.15) is 11.4 Å². The maximum absolute atomic E-state index is 13.2. The number of hydrogen-bond donors (Lipinski definition) is 9. The second-order valence-electron chi connectivity index (χ2n) is 19.1. The molecule has 5 aromatic rings. The molecule has 422 valence electrons. The van der Waals surface area contributed by atoms with Crippen LogP contribution in [0.2, 0.25) is 0 Å². The van der Waals surface area contributed by atoms with Crippen LogP contribution in [-0.4, -0.2) is 116 Å². The Balaban J connectivity index is 0.980. The number of unbranched alkanes of at least 4 members (excludes halogenated alkanes) is 12. The number of aromatic nitrogens is 8. The van der Waals surface area contributed by atoms with Gasteiger partial charge in [-0.3, -0.25) is 43.2 Å². The monoisotopic (exact) mass is 1080 g/mol. The number of nitrogens with zero attached hydrogens (tertiary/aromatic N) is 8. The van der Waals surface area contributed by atoms with Crippen LogP contribution < -0.4 is 42.5 Å². The van der Waals surface area contributed by atoms with Gasteiger partial charge >= 0.3 is 5.97 Å². The molecule has 0 atom stereocenters. The second-order valence-corrected chi connectivity index (χ2v) is 19.1. The Morgan fingerprint density at radius 3 is 1.12 bits per heavy atom. The molecule has 5 rings (SSSR count). The van der Waals surface area contributed by atoms with E-state index in [9.17, 15) is 43.2 Å². The second kappa shape index (κ2) is 30.2. The van der Waals surface area contributed by atoms with Crippen LogP contribution in [0.5, 0.6) is 0 Å². The fraction of sp³-hybridized carbons (Fsp3) is 0.500. The number of carboxylic acid groups (broad SMARTS) is 1. The number of hydrogen-bond acceptors (Lipinski definition) is 12. The van der Waals surface area contributed by atoms with Crippen LogP contribution >= 0.6 is 0 Å². The van der Waals surface area contributed by atoms with Gasteiger partial charge in [0.05, 0.1) is 17.8 Å². The van der Waals surface area contributed by atoms with Crippen molar-refractivity contribution in [3.8, 4) is 0 Å². The number of carbonyl (C=O) groups excluding carboxylic acids is 8. The maximum atomic E-state index is 13.2. The predicted octanol–water partition coefficient (Wildman–Crippen LogP) is 5.21. The summed E-state index contributed by atoms with van der Waals surface area (Å²) < 4.78 is 7.27. The summed E-state index contributed by atoms with van der Waals surface area (Å²) in [6.07, 6.45) is 23.1. The lowest BCUT2D eigenvalue weighted by atomic mass is 10.0. The molecule has 0 aromatic carbocycles. The van der Waals surface area contributed by atoms with Crippen molar-refractivity contribution >= 4 is 82.1 Å². The van der Waals surface area contributed by atoms with Crippen molar-refractivity contribution in [3.63, 3.8) is 0 Å². The quantitative estimate of drug-likeness (QED) is 0.0244. The minimum absolute atomic E-state index is 0.0379. The van der Waals surface area contributed by atoms with Gasteiger partial charge in [0.25, 0.3) is 29.5 Å². The first-order valence-electron chi connectivity index (χ1n) is 26.3. The number of nitrogens with one attached hydrogen (secondary N) is 8. The van der Waals surface area contributed by atoms with Crippen molar-refractivity contribution in [2.24, 2.45) is 35.2 Å². The van der Waals surface area contributed by atoms with Gasteiger partial charge in [0.15, 0.2) is 17.5 Å². The van der Waals surface area contributed by atoms with Crippen molar-refractivity contribution < 1.29 is 48.3 Å². The van der Waals surface area contributed by atoms with E-state index in [1.807, 2.05) is 0 Å². The minimum Gasteiger partial charge on any atom is -0.481 e. The smallest absolute Gasteiger partial charge is 0.305 e. The Hall–Kier alpha value is -8.58. The summed E-state index contributed by atoms with van der Waals surface area (Å²) in [6.45, 7) is 2.03. The molecule has 26 nitrogen and oxygen atoms in total. The van der Waals surface area contributed by atoms with Crippen LogP contribution in [0.3, 0.4) is 0 Å². The summed E-state index contributed by atoms with van der Waals surface area (Å²) in [4.78, 5) is 126. The molecular weight excluding hydrogens is 1010 g/mol. The van der Waals surface area contributed by atoms with E-state index in [1.54, 1.807) is 40.6 Å². The largest absolute Gasteiger partial charge is 0.481 e. The highest BCUT2D eigenvalue weighted by Gasteiger charge is 2.22. The zero-order valence-electron chi connectivity index (χ0n) is 45.4. The van der Waals surface area contributed by atoms with Gasteiger partial charge < -0.3 is 70.5 Å². The number of carbonyl (C=O) groups is 9. The molecule has 0 aliphatic carbocycles. The van der Waals surface area contributed by atoms with E-state index in [2.05, 4.69) is 64.4 Å². The number of imidazole rings is 3. The zero-order valence-corrected chi connectivity index (χ0v) is 45.4. The van der Waals surface area contributed by atoms with E-state index in [0.717, 1.165) is 19.3 Å². The van der Waals surface area contributed by atoms with Crippen LogP contribution in [0.15, 0.2) is 43.1 Å². The van der Waals surface area contributed by atoms with Crippen LogP contribution in [0.25, 0.3) is 0 Å². The Morgan fingerprint density at radius 1 is 0.397 bits per heavy atom. The van der Waals surface area contributed by atoms with E-state index in [4.69, 9.17) is 5.11 Å². The molecule has 0 radical (unpaired) electrons. The summed E-state index contributed by atoms with van der Waals surface area (Å²) in [6, 6.07) is 2.91. The van der Waals surface area contributed by atoms with Crippen LogP contribution in [0.1, 0.15) is 169 Å². The fourth-order valence-corrected chi connectivity index (χ4v) is 8.35. The number of aliphatic carboxylic acids is 1. The molecular formula is C52H74N16O10. The predicted molar refractivity (Wildman–Crippen MR) is 291 cm³/mol. The molecule has 0 bridgehead atoms. The first kappa shape index (κ1) is 60.3. The first-order valence-corrected chi connectivity index (χ1v) is 26.3. The van der Waals surface area contributed by atoms with Crippen LogP contribution in [-0.2, 0) is 54.4 Å². The van der Waals surface area contributed by atoms with Gasteiger partial charge in [0, 0.05) is 105 Å². The lowest BCUT2D eigenvalue weighted by molar-refractivity contribution is -0.136. The van der Waals surface area contributed by atoms with E-state index in [0.29, 0.717) is 12.1 Å². The number of rotatable bonds is 33. The van der Waals surface area contributed by atoms with Crippen molar-refractivity contribution in [1.82, 2.24) is 53.7 Å². The Kier molecular flexibility index (Phi) is 23.4. The molecule has 9 N–H and O–H groups in total. The molecule has 0 aliphatic rings. The molecule has 26 heteroatoms. The van der Waals surface area contributed by atoms with E-state index in [-0.39, 0.29) is 96.8 Å². The van der Waals surface area contributed by atoms with Crippen molar-refractivity contribution in [2.45, 2.75) is 116 Å². The number of aryl methyl sites for hydroxylation is 5. The number of carboxylic acids is 1. The molecule has 0 unspecified atom stereocenters. The first-order chi connectivity index (χ1) is 37.3. The molecule has 0 saturated heterocycles. The fourth-order valence-electron chi connectivity index (χ4n) is 8.35. The third-order valence-electron chi connectivity index (χ3n) is 12.4. The van der Waals surface area contributed by atoms with E-state index < -0.39 is 47.3 Å². The molecule has 0 aliphatic heterocycles. The molecule has 0 saturated carbocycles. The summed E-state index contributed by atoms with van der Waals surface area (Å²) in [5, 5.41) is 29.9. The van der Waals surface area contributed by atoms with E-state index in [1.165, 1.54) is 125 Å². The standard InChI is InChI=1S/C52H74N16O10/c1-7-8-9-10-11-12-13-14-15-16-17-18-19-20-41(69)58-38-32-67(5)46(62-38)51(77)56-34-27-36(64(2)29-34)49(75)54-25-22-43(71)60-40-33-68(6)47(63-40)52(78)57-35-28-37(65(3)30-35)48(74)53-24-21-42(70)59-39-31-66(4)45(61-39)50(76)55-26-23-44(72)73/h27-33H,7-26H2,1-6H3,(H,53,74)(H,54,75)(H,55,76)(H,56,77)(H,57,78)(H,58,69)(H,59,70)(H,60,71)(H,72,73). The normalized spacial score (nSPS) is 10.9. The number of anilines is 5. The lowest BCUT2D eigenvalue weighted by Crippen LogP contribution is -2.29. The van der Waals surface area contributed by atoms with Gasteiger partial charge in [-0.1, -0.05) is 84.0 Å². The molecule has 5 heterocycles. The van der Waals surface area contributed by atoms with Gasteiger partial charge in [-0.05, 0) is 18.6 Å². The summed E-state index contributed by atoms with van der Waals surface area (Å²) in [5.41, 5.74) is 0.965. The van der Waals surface area contributed by atoms with Gasteiger partial charge in [-0.15, -0.1) is 0 Å². The average molecular weight is 1080 g/mol. The topological polar surface area (TPSA) is 333 Å². The van der Waals surface area contributed by atoms with Gasteiger partial charge in [-0.25, -0.2) is 15.0 Å². The minimum atomic E-state index is -1.07. The van der Waals surface area contributed by atoms with Crippen molar-refractivity contribution in [2.75, 3.05) is 46.2 Å². The Bertz CT molecular complexity index is 2910. The molecule has 5 aromatic heterocycles. The zero-order chi connectivity index (χ0) is 56.7. The molecule has 0 fully saturated rings. The van der Waals surface area contributed by atoms with Crippen LogP contribution in [0, 0.1) is 0 Å². The third-order valence-corrected chi connectivity index (χ3v) is 12.4. The van der Waals surface area contributed by atoms with Gasteiger partial charge in [-0.2, -0.15) is 0 Å². The van der Waals surface area contributed by atoms with Crippen LogP contribution in [0.4, 0.5) is 28.8 Å². The Morgan fingerprint density at radius 2 is 0.731 bits per heavy atom. The molecule has 8 amide bonds. The highest BCUT2D eigenvalue weighted by atomic mass is 16.4. The highest BCUT2D eigenvalue weighted by Crippen LogP contribution is 2.19. The maximum Gasteiger partial charge on any atom is 0.305 e. The third kappa shape index (κ3) is 19.2. The summed E-state index contributed by atoms with van der Waals surface area (Å²) in [5.74, 6) is -4.67. The SMILES string of the molecule is CCCCCCCCCCCCCCCC(=O)Nc1cn(C)c(C(=O)Nc2cc(C(=O)NCCC(=O)Nc3cn(C)c(C(=O)Nc4cc(C(=O)NCCC(=O)Nc5cn(C)c(C(=O)NCCC(=O)O)n5)n(C)c4)n3)n(C)c2)n1. The molecule has 78 heavy (non-hydrogen) atoms. The molecule has 0 spiro atoms. The van der Waals surface area contributed by atoms with Gasteiger partial charge in [0.2, 0.25) is 35.2 Å². The summed E-state index contributed by atoms with van der Waals surface area (Å²) >= 11 is 0. The Labute approximate surface area is 452 Å². The van der Waals surface area contributed by atoms with Crippen molar-refractivity contribution in [3.05, 3.63) is 72.0 Å². The van der Waals surface area contributed by atoms with Crippen molar-refractivity contribution in [1.29, 1.82) is 0 Å². The number of amides is 8. The average Bonchev–Trinajstić information content (AvgIpc) is 4.21.